The summed E-state index contributed by atoms with van der Waals surface area (Å²) in [4.78, 5) is 0. The van der Waals surface area contributed by atoms with E-state index in [4.69, 9.17) is 17.3 Å². The summed E-state index contributed by atoms with van der Waals surface area (Å²) in [6.45, 7) is 0.365. The molecule has 2 aromatic rings. The van der Waals surface area contributed by atoms with Crippen LogP contribution in [0.5, 0.6) is 0 Å². The van der Waals surface area contributed by atoms with Crippen LogP contribution in [-0.2, 0) is 0 Å². The zero-order valence-corrected chi connectivity index (χ0v) is 12.6. The molecule has 0 spiro atoms. The lowest BCUT2D eigenvalue weighted by Gasteiger charge is -2.23. The minimum absolute atomic E-state index is 0.157. The maximum atomic E-state index is 10.6. The minimum atomic E-state index is -0.694. The molecule has 2 unspecified atom stereocenters. The van der Waals surface area contributed by atoms with Gasteiger partial charge in [0.25, 0.3) is 0 Å². The van der Waals surface area contributed by atoms with E-state index in [2.05, 4.69) is 15.9 Å². The Kier molecular flexibility index (Phi) is 4.99. The maximum Gasteiger partial charge on any atom is 0.0882 e. The Morgan fingerprint density at radius 3 is 2.47 bits per heavy atom. The summed E-state index contributed by atoms with van der Waals surface area (Å²) >= 11 is 9.43. The second-order valence-electron chi connectivity index (χ2n) is 4.36. The number of nitrogens with two attached hydrogens (primary N) is 1. The van der Waals surface area contributed by atoms with E-state index in [9.17, 15) is 5.11 Å². The van der Waals surface area contributed by atoms with E-state index in [1.807, 2.05) is 36.4 Å². The topological polar surface area (TPSA) is 46.2 Å². The normalized spacial score (nSPS) is 14.1. The molecule has 19 heavy (non-hydrogen) atoms. The highest BCUT2D eigenvalue weighted by molar-refractivity contribution is 9.10. The molecule has 4 heteroatoms. The number of aliphatic hydroxyl groups is 1. The molecule has 2 aromatic carbocycles. The van der Waals surface area contributed by atoms with Gasteiger partial charge in [0, 0.05) is 22.0 Å². The van der Waals surface area contributed by atoms with Crippen molar-refractivity contribution in [3.05, 3.63) is 69.2 Å². The Morgan fingerprint density at radius 1 is 1.16 bits per heavy atom. The third-order valence-corrected chi connectivity index (χ3v) is 4.10. The number of hydrogen-bond donors (Lipinski definition) is 2. The first-order chi connectivity index (χ1) is 9.13. The molecule has 0 saturated carbocycles. The van der Waals surface area contributed by atoms with Crippen LogP contribution in [0.25, 0.3) is 0 Å². The van der Waals surface area contributed by atoms with Gasteiger partial charge in [0.1, 0.15) is 0 Å². The van der Waals surface area contributed by atoms with Crippen molar-refractivity contribution >= 4 is 27.5 Å². The summed E-state index contributed by atoms with van der Waals surface area (Å²) in [6.07, 6.45) is -0.694. The lowest BCUT2D eigenvalue weighted by atomic mass is 9.89. The smallest absolute Gasteiger partial charge is 0.0882 e. The molecule has 0 aliphatic rings. The standard InChI is InChI=1S/C15H15BrClNO/c16-14-7-6-11(17)8-12(14)15(19)13(9-18)10-4-2-1-3-5-10/h1-8,13,15,19H,9,18H2. The zero-order valence-electron chi connectivity index (χ0n) is 10.3. The van der Waals surface area contributed by atoms with Crippen LogP contribution in [0.1, 0.15) is 23.1 Å². The van der Waals surface area contributed by atoms with Crippen molar-refractivity contribution in [2.75, 3.05) is 6.54 Å². The van der Waals surface area contributed by atoms with Crippen LogP contribution in [0.15, 0.2) is 53.0 Å². The van der Waals surface area contributed by atoms with Crippen LogP contribution in [0.2, 0.25) is 5.02 Å². The van der Waals surface area contributed by atoms with Gasteiger partial charge in [-0.05, 0) is 29.3 Å². The van der Waals surface area contributed by atoms with Gasteiger partial charge in [-0.2, -0.15) is 0 Å². The fourth-order valence-electron chi connectivity index (χ4n) is 2.11. The van der Waals surface area contributed by atoms with Crippen molar-refractivity contribution in [3.63, 3.8) is 0 Å². The fourth-order valence-corrected chi connectivity index (χ4v) is 2.77. The Balaban J connectivity index is 2.36. The molecule has 0 amide bonds. The van der Waals surface area contributed by atoms with Crippen LogP contribution in [0.3, 0.4) is 0 Å². The third kappa shape index (κ3) is 3.37. The van der Waals surface area contributed by atoms with E-state index in [1.54, 1.807) is 12.1 Å². The molecule has 0 aliphatic carbocycles. The molecule has 0 radical (unpaired) electrons. The Hall–Kier alpha value is -0.870. The average molecular weight is 341 g/mol. The molecular formula is C15H15BrClNO. The van der Waals surface area contributed by atoms with Crippen LogP contribution in [0, 0.1) is 0 Å². The van der Waals surface area contributed by atoms with Crippen LogP contribution in [0.4, 0.5) is 0 Å². The highest BCUT2D eigenvalue weighted by Crippen LogP contribution is 2.35. The van der Waals surface area contributed by atoms with Crippen molar-refractivity contribution in [1.82, 2.24) is 0 Å². The quantitative estimate of drug-likeness (QED) is 0.887. The molecule has 2 atom stereocenters. The summed E-state index contributed by atoms with van der Waals surface area (Å²) < 4.78 is 0.832. The highest BCUT2D eigenvalue weighted by atomic mass is 79.9. The first-order valence-electron chi connectivity index (χ1n) is 6.01. The van der Waals surface area contributed by atoms with Crippen molar-refractivity contribution < 1.29 is 5.11 Å². The minimum Gasteiger partial charge on any atom is -0.388 e. The second kappa shape index (κ2) is 6.53. The lowest BCUT2D eigenvalue weighted by molar-refractivity contribution is 0.146. The number of aliphatic hydroxyl groups excluding tert-OH is 1. The number of rotatable bonds is 4. The van der Waals surface area contributed by atoms with Crippen molar-refractivity contribution in [1.29, 1.82) is 0 Å². The van der Waals surface area contributed by atoms with E-state index in [0.717, 1.165) is 15.6 Å². The van der Waals surface area contributed by atoms with E-state index in [1.165, 1.54) is 0 Å². The summed E-state index contributed by atoms with van der Waals surface area (Å²) in [6, 6.07) is 15.1. The largest absolute Gasteiger partial charge is 0.388 e. The van der Waals surface area contributed by atoms with Crippen LogP contribution in [-0.4, -0.2) is 11.7 Å². The second-order valence-corrected chi connectivity index (χ2v) is 5.65. The molecule has 2 nitrogen and oxygen atoms in total. The molecule has 0 fully saturated rings. The van der Waals surface area contributed by atoms with E-state index < -0.39 is 6.10 Å². The van der Waals surface area contributed by atoms with Gasteiger partial charge in [-0.1, -0.05) is 57.9 Å². The van der Waals surface area contributed by atoms with Gasteiger partial charge < -0.3 is 10.8 Å². The van der Waals surface area contributed by atoms with E-state index in [-0.39, 0.29) is 5.92 Å². The summed E-state index contributed by atoms with van der Waals surface area (Å²) in [5.41, 5.74) is 7.60. The van der Waals surface area contributed by atoms with E-state index >= 15 is 0 Å². The first kappa shape index (κ1) is 14.5. The molecule has 3 N–H and O–H groups in total. The molecule has 0 aliphatic heterocycles. The van der Waals surface area contributed by atoms with E-state index in [0.29, 0.717) is 11.6 Å². The number of hydrogen-bond acceptors (Lipinski definition) is 2. The molecule has 100 valence electrons. The van der Waals surface area contributed by atoms with Crippen molar-refractivity contribution in [2.24, 2.45) is 5.73 Å². The molecule has 0 aromatic heterocycles. The molecule has 0 saturated heterocycles. The number of benzene rings is 2. The molecular weight excluding hydrogens is 326 g/mol. The van der Waals surface area contributed by atoms with Gasteiger partial charge in [0.15, 0.2) is 0 Å². The number of halogens is 2. The summed E-state index contributed by atoms with van der Waals surface area (Å²) in [7, 11) is 0. The lowest BCUT2D eigenvalue weighted by Crippen LogP contribution is -2.20. The summed E-state index contributed by atoms with van der Waals surface area (Å²) in [5.74, 6) is -0.157. The monoisotopic (exact) mass is 339 g/mol. The van der Waals surface area contributed by atoms with Gasteiger partial charge in [-0.3, -0.25) is 0 Å². The van der Waals surface area contributed by atoms with Crippen LogP contribution >= 0.6 is 27.5 Å². The zero-order chi connectivity index (χ0) is 13.8. The van der Waals surface area contributed by atoms with Crippen molar-refractivity contribution in [3.8, 4) is 0 Å². The molecule has 0 heterocycles. The Labute approximate surface area is 126 Å². The fraction of sp³-hybridized carbons (Fsp3) is 0.200. The van der Waals surface area contributed by atoms with Gasteiger partial charge >= 0.3 is 0 Å². The SMILES string of the molecule is NCC(c1ccccc1)C(O)c1cc(Cl)ccc1Br. The van der Waals surface area contributed by atoms with Gasteiger partial charge in [-0.15, -0.1) is 0 Å². The Morgan fingerprint density at radius 2 is 1.84 bits per heavy atom. The van der Waals surface area contributed by atoms with Crippen LogP contribution < -0.4 is 5.73 Å². The first-order valence-corrected chi connectivity index (χ1v) is 7.18. The predicted molar refractivity (Wildman–Crippen MR) is 82.3 cm³/mol. The predicted octanol–water partition coefficient (Wildman–Crippen LogP) is 3.88. The molecule has 2 rings (SSSR count). The third-order valence-electron chi connectivity index (χ3n) is 3.14. The highest BCUT2D eigenvalue weighted by Gasteiger charge is 2.23. The average Bonchev–Trinajstić information content (AvgIpc) is 2.43. The maximum absolute atomic E-state index is 10.6. The summed E-state index contributed by atoms with van der Waals surface area (Å²) in [5, 5.41) is 11.2. The van der Waals surface area contributed by atoms with Gasteiger partial charge in [-0.25, -0.2) is 0 Å². The van der Waals surface area contributed by atoms with Crippen molar-refractivity contribution in [2.45, 2.75) is 12.0 Å². The molecule has 0 bridgehead atoms. The van der Waals surface area contributed by atoms with Gasteiger partial charge in [0.05, 0.1) is 6.10 Å². The Bertz CT molecular complexity index is 547. The van der Waals surface area contributed by atoms with Gasteiger partial charge in [0.2, 0.25) is 0 Å².